The Balaban J connectivity index is 2.29. The van der Waals surface area contributed by atoms with Crippen molar-refractivity contribution >= 4 is 0 Å². The molecule has 0 radical (unpaired) electrons. The molecule has 2 N–H and O–H groups in total. The fourth-order valence-electron chi connectivity index (χ4n) is 1.29. The zero-order chi connectivity index (χ0) is 13.6. The molecule has 0 amide bonds. The minimum atomic E-state index is -4.30. The Morgan fingerprint density at radius 2 is 2.00 bits per heavy atom. The quantitative estimate of drug-likeness (QED) is 0.802. The van der Waals surface area contributed by atoms with Crippen LogP contribution in [0.15, 0.2) is 24.3 Å². The summed E-state index contributed by atoms with van der Waals surface area (Å²) in [6, 6.07) is 7.00. The van der Waals surface area contributed by atoms with Gasteiger partial charge in [0, 0.05) is 6.04 Å². The Hall–Kier alpha value is -1.27. The molecule has 0 aliphatic carbocycles. The van der Waals surface area contributed by atoms with Crippen molar-refractivity contribution in [3.8, 4) is 5.75 Å². The maximum Gasteiger partial charge on any atom is 0.411 e. The van der Waals surface area contributed by atoms with Crippen LogP contribution in [-0.2, 0) is 4.74 Å². The molecule has 3 nitrogen and oxygen atoms in total. The number of ether oxygens (including phenoxy) is 2. The van der Waals surface area contributed by atoms with E-state index in [2.05, 4.69) is 4.74 Å². The standard InChI is InChI=1S/C12H16F3NO2/c1-9(16)10-3-2-4-11(7-10)18-6-5-17-8-12(13,14)15/h2-4,7,9H,5-6,8,16H2,1H3/t9-/m1/s1. The van der Waals surface area contributed by atoms with E-state index in [1.165, 1.54) is 0 Å². The molecule has 18 heavy (non-hydrogen) atoms. The van der Waals surface area contributed by atoms with E-state index in [0.29, 0.717) is 5.75 Å². The summed E-state index contributed by atoms with van der Waals surface area (Å²) in [4.78, 5) is 0. The second-order valence-corrected chi connectivity index (χ2v) is 3.88. The molecule has 1 aromatic rings. The Labute approximate surface area is 104 Å². The summed E-state index contributed by atoms with van der Waals surface area (Å²) in [5, 5.41) is 0. The van der Waals surface area contributed by atoms with Crippen molar-refractivity contribution in [2.24, 2.45) is 5.73 Å². The number of hydrogen-bond acceptors (Lipinski definition) is 3. The molecule has 1 atom stereocenters. The van der Waals surface area contributed by atoms with E-state index in [0.717, 1.165) is 5.56 Å². The largest absolute Gasteiger partial charge is 0.491 e. The van der Waals surface area contributed by atoms with Crippen molar-refractivity contribution < 1.29 is 22.6 Å². The molecular formula is C12H16F3NO2. The summed E-state index contributed by atoms with van der Waals surface area (Å²) in [5.41, 5.74) is 6.61. The highest BCUT2D eigenvalue weighted by molar-refractivity contribution is 5.30. The molecule has 0 saturated heterocycles. The Morgan fingerprint density at radius 1 is 1.28 bits per heavy atom. The zero-order valence-electron chi connectivity index (χ0n) is 10.0. The van der Waals surface area contributed by atoms with Gasteiger partial charge in [-0.05, 0) is 24.6 Å². The van der Waals surface area contributed by atoms with Crippen LogP contribution in [0.4, 0.5) is 13.2 Å². The van der Waals surface area contributed by atoms with Crippen molar-refractivity contribution in [1.29, 1.82) is 0 Å². The molecule has 6 heteroatoms. The smallest absolute Gasteiger partial charge is 0.411 e. The van der Waals surface area contributed by atoms with Gasteiger partial charge >= 0.3 is 6.18 Å². The van der Waals surface area contributed by atoms with E-state index in [1.54, 1.807) is 18.2 Å². The molecule has 102 valence electrons. The number of halogens is 3. The van der Waals surface area contributed by atoms with Crippen LogP contribution in [-0.4, -0.2) is 26.0 Å². The first-order valence-corrected chi connectivity index (χ1v) is 5.51. The minimum absolute atomic E-state index is 0.0679. The molecule has 0 unspecified atom stereocenters. The first-order valence-electron chi connectivity index (χ1n) is 5.51. The molecule has 1 rings (SSSR count). The third-order valence-corrected chi connectivity index (χ3v) is 2.15. The molecule has 0 aliphatic heterocycles. The van der Waals surface area contributed by atoms with Crippen LogP contribution in [0.2, 0.25) is 0 Å². The van der Waals surface area contributed by atoms with Crippen LogP contribution < -0.4 is 10.5 Å². The van der Waals surface area contributed by atoms with Crippen LogP contribution in [0, 0.1) is 0 Å². The lowest BCUT2D eigenvalue weighted by molar-refractivity contribution is -0.175. The molecule has 0 aromatic heterocycles. The van der Waals surface area contributed by atoms with Crippen molar-refractivity contribution in [3.05, 3.63) is 29.8 Å². The SMILES string of the molecule is C[C@@H](N)c1cccc(OCCOCC(F)(F)F)c1. The lowest BCUT2D eigenvalue weighted by atomic mass is 10.1. The van der Waals surface area contributed by atoms with Gasteiger partial charge in [-0.25, -0.2) is 0 Å². The number of rotatable bonds is 6. The van der Waals surface area contributed by atoms with Crippen LogP contribution in [0.5, 0.6) is 5.75 Å². The lowest BCUT2D eigenvalue weighted by Gasteiger charge is -2.11. The normalized spacial score (nSPS) is 13.4. The van der Waals surface area contributed by atoms with Crippen LogP contribution in [0.25, 0.3) is 0 Å². The van der Waals surface area contributed by atoms with E-state index in [1.807, 2.05) is 13.0 Å². The predicted octanol–water partition coefficient (Wildman–Crippen LogP) is 2.66. The summed E-state index contributed by atoms with van der Waals surface area (Å²) < 4.78 is 45.0. The summed E-state index contributed by atoms with van der Waals surface area (Å²) in [7, 11) is 0. The van der Waals surface area contributed by atoms with Crippen molar-refractivity contribution in [3.63, 3.8) is 0 Å². The zero-order valence-corrected chi connectivity index (χ0v) is 10.0. The van der Waals surface area contributed by atoms with Gasteiger partial charge in [-0.2, -0.15) is 13.2 Å². The van der Waals surface area contributed by atoms with Gasteiger partial charge in [-0.3, -0.25) is 0 Å². The number of hydrogen-bond donors (Lipinski definition) is 1. The average Bonchev–Trinajstić information content (AvgIpc) is 2.27. The highest BCUT2D eigenvalue weighted by Crippen LogP contribution is 2.17. The minimum Gasteiger partial charge on any atom is -0.491 e. The van der Waals surface area contributed by atoms with Gasteiger partial charge in [0.2, 0.25) is 0 Å². The van der Waals surface area contributed by atoms with Crippen molar-refractivity contribution in [1.82, 2.24) is 0 Å². The third kappa shape index (κ3) is 5.88. The van der Waals surface area contributed by atoms with Gasteiger partial charge < -0.3 is 15.2 Å². The van der Waals surface area contributed by atoms with Crippen LogP contribution in [0.3, 0.4) is 0 Å². The third-order valence-electron chi connectivity index (χ3n) is 2.15. The van der Waals surface area contributed by atoms with Gasteiger partial charge in [0.05, 0.1) is 6.61 Å². The van der Waals surface area contributed by atoms with E-state index >= 15 is 0 Å². The predicted molar refractivity (Wildman–Crippen MR) is 61.4 cm³/mol. The summed E-state index contributed by atoms with van der Waals surface area (Å²) in [6.07, 6.45) is -4.30. The topological polar surface area (TPSA) is 44.5 Å². The van der Waals surface area contributed by atoms with Crippen LogP contribution in [0.1, 0.15) is 18.5 Å². The molecule has 0 fully saturated rings. The van der Waals surface area contributed by atoms with Crippen molar-refractivity contribution in [2.45, 2.75) is 19.1 Å². The molecule has 0 aliphatic rings. The fourth-order valence-corrected chi connectivity index (χ4v) is 1.29. The van der Waals surface area contributed by atoms with Gasteiger partial charge in [-0.15, -0.1) is 0 Å². The Bertz CT molecular complexity index is 367. The highest BCUT2D eigenvalue weighted by Gasteiger charge is 2.27. The first-order chi connectivity index (χ1) is 8.38. The molecule has 1 aromatic carbocycles. The van der Waals surface area contributed by atoms with Gasteiger partial charge in [0.1, 0.15) is 19.0 Å². The lowest BCUT2D eigenvalue weighted by Crippen LogP contribution is -2.19. The number of nitrogens with two attached hydrogens (primary N) is 1. The summed E-state index contributed by atoms with van der Waals surface area (Å²) in [5.74, 6) is 0.570. The van der Waals surface area contributed by atoms with Crippen LogP contribution >= 0.6 is 0 Å². The fraction of sp³-hybridized carbons (Fsp3) is 0.500. The van der Waals surface area contributed by atoms with E-state index < -0.39 is 12.8 Å². The van der Waals surface area contributed by atoms with E-state index in [4.69, 9.17) is 10.5 Å². The molecule has 0 bridgehead atoms. The highest BCUT2D eigenvalue weighted by atomic mass is 19.4. The molecule has 0 spiro atoms. The van der Waals surface area contributed by atoms with E-state index in [9.17, 15) is 13.2 Å². The second kappa shape index (κ2) is 6.61. The average molecular weight is 263 g/mol. The van der Waals surface area contributed by atoms with Gasteiger partial charge in [-0.1, -0.05) is 12.1 Å². The second-order valence-electron chi connectivity index (χ2n) is 3.88. The number of alkyl halides is 3. The maximum atomic E-state index is 11.8. The Kier molecular flexibility index (Phi) is 5.43. The van der Waals surface area contributed by atoms with Crippen molar-refractivity contribution in [2.75, 3.05) is 19.8 Å². The summed E-state index contributed by atoms with van der Waals surface area (Å²) in [6.45, 7) is 0.544. The van der Waals surface area contributed by atoms with Gasteiger partial charge in [0.15, 0.2) is 0 Å². The molecule has 0 saturated carbocycles. The maximum absolute atomic E-state index is 11.8. The molecule has 0 heterocycles. The Morgan fingerprint density at radius 3 is 2.61 bits per heavy atom. The first kappa shape index (κ1) is 14.8. The van der Waals surface area contributed by atoms with E-state index in [-0.39, 0.29) is 19.3 Å². The summed E-state index contributed by atoms with van der Waals surface area (Å²) >= 11 is 0. The monoisotopic (exact) mass is 263 g/mol. The molecular weight excluding hydrogens is 247 g/mol. The number of benzene rings is 1. The van der Waals surface area contributed by atoms with Gasteiger partial charge in [0.25, 0.3) is 0 Å².